The zero-order valence-electron chi connectivity index (χ0n) is 8.71. The maximum absolute atomic E-state index is 3.59. The number of piperidine rings is 1. The molecule has 1 aromatic carbocycles. The van der Waals surface area contributed by atoms with Crippen LogP contribution >= 0.6 is 27.7 Å². The first-order chi connectivity index (χ1) is 7.36. The lowest BCUT2D eigenvalue weighted by Crippen LogP contribution is -2.31. The van der Waals surface area contributed by atoms with Crippen molar-refractivity contribution in [3.05, 3.63) is 34.3 Å². The summed E-state index contributed by atoms with van der Waals surface area (Å²) in [4.78, 5) is 0. The highest BCUT2D eigenvalue weighted by Crippen LogP contribution is 2.26. The standard InChI is InChI=1S/C12H16BrNS/c13-12-6-2-1-4-10(12)9-15-11-5-3-7-14-8-11/h1-2,4,6,11,14H,3,5,7-9H2. The van der Waals surface area contributed by atoms with E-state index in [1.165, 1.54) is 36.0 Å². The predicted molar refractivity (Wildman–Crippen MR) is 71.3 cm³/mol. The van der Waals surface area contributed by atoms with Crippen molar-refractivity contribution in [3.63, 3.8) is 0 Å². The molecule has 1 aromatic rings. The van der Waals surface area contributed by atoms with Gasteiger partial charge in [0.25, 0.3) is 0 Å². The molecule has 0 bridgehead atoms. The van der Waals surface area contributed by atoms with Crippen LogP contribution in [0.25, 0.3) is 0 Å². The number of halogens is 1. The largest absolute Gasteiger partial charge is 0.316 e. The van der Waals surface area contributed by atoms with Crippen molar-refractivity contribution in [3.8, 4) is 0 Å². The van der Waals surface area contributed by atoms with Crippen LogP contribution in [0, 0.1) is 0 Å². The minimum atomic E-state index is 0.797. The molecule has 1 nitrogen and oxygen atoms in total. The second kappa shape index (κ2) is 5.92. The lowest BCUT2D eigenvalue weighted by atomic mass is 10.2. The van der Waals surface area contributed by atoms with Crippen molar-refractivity contribution < 1.29 is 0 Å². The van der Waals surface area contributed by atoms with Crippen LogP contribution in [0.4, 0.5) is 0 Å². The molecule has 0 amide bonds. The van der Waals surface area contributed by atoms with Crippen LogP contribution in [0.15, 0.2) is 28.7 Å². The van der Waals surface area contributed by atoms with E-state index in [1.807, 2.05) is 0 Å². The summed E-state index contributed by atoms with van der Waals surface area (Å²) in [7, 11) is 0. The molecular weight excluding hydrogens is 270 g/mol. The number of rotatable bonds is 3. The lowest BCUT2D eigenvalue weighted by Gasteiger charge is -2.22. The molecule has 0 spiro atoms. The Morgan fingerprint density at radius 2 is 2.27 bits per heavy atom. The van der Waals surface area contributed by atoms with Gasteiger partial charge in [0.1, 0.15) is 0 Å². The zero-order valence-corrected chi connectivity index (χ0v) is 11.1. The van der Waals surface area contributed by atoms with Gasteiger partial charge in [0.15, 0.2) is 0 Å². The van der Waals surface area contributed by atoms with E-state index in [-0.39, 0.29) is 0 Å². The number of thioether (sulfide) groups is 1. The maximum atomic E-state index is 3.59. The summed E-state index contributed by atoms with van der Waals surface area (Å²) in [6, 6.07) is 8.50. The van der Waals surface area contributed by atoms with Crippen LogP contribution in [0.2, 0.25) is 0 Å². The molecule has 1 aliphatic heterocycles. The van der Waals surface area contributed by atoms with E-state index in [4.69, 9.17) is 0 Å². The molecule has 1 heterocycles. The Hall–Kier alpha value is 0.01000. The monoisotopic (exact) mass is 285 g/mol. The van der Waals surface area contributed by atoms with Crippen LogP contribution in [0.1, 0.15) is 18.4 Å². The molecular formula is C12H16BrNS. The first-order valence-electron chi connectivity index (χ1n) is 5.42. The molecule has 1 saturated heterocycles. The second-order valence-corrected chi connectivity index (χ2v) is 6.01. The van der Waals surface area contributed by atoms with E-state index in [0.29, 0.717) is 0 Å². The van der Waals surface area contributed by atoms with E-state index < -0.39 is 0 Å². The fraction of sp³-hybridized carbons (Fsp3) is 0.500. The highest BCUT2D eigenvalue weighted by molar-refractivity contribution is 9.10. The Morgan fingerprint density at radius 3 is 3.00 bits per heavy atom. The normalized spacial score (nSPS) is 21.5. The lowest BCUT2D eigenvalue weighted by molar-refractivity contribution is 0.531. The van der Waals surface area contributed by atoms with Gasteiger partial charge in [-0.05, 0) is 31.0 Å². The zero-order chi connectivity index (χ0) is 10.5. The van der Waals surface area contributed by atoms with Crippen LogP contribution in [0.3, 0.4) is 0 Å². The summed E-state index contributed by atoms with van der Waals surface area (Å²) in [6.45, 7) is 2.38. The van der Waals surface area contributed by atoms with Crippen LogP contribution in [-0.4, -0.2) is 18.3 Å². The first-order valence-corrected chi connectivity index (χ1v) is 7.26. The van der Waals surface area contributed by atoms with E-state index in [2.05, 4.69) is 57.3 Å². The Labute approximate surface area is 104 Å². The summed E-state index contributed by atoms with van der Waals surface area (Å²) < 4.78 is 1.24. The molecule has 0 aromatic heterocycles. The average Bonchev–Trinajstić information content (AvgIpc) is 2.29. The molecule has 1 unspecified atom stereocenters. The molecule has 1 fully saturated rings. The number of benzene rings is 1. The van der Waals surface area contributed by atoms with Gasteiger partial charge in [-0.1, -0.05) is 34.1 Å². The molecule has 0 radical (unpaired) electrons. The van der Waals surface area contributed by atoms with E-state index in [1.54, 1.807) is 0 Å². The molecule has 15 heavy (non-hydrogen) atoms. The Morgan fingerprint density at radius 1 is 1.40 bits per heavy atom. The van der Waals surface area contributed by atoms with Gasteiger partial charge in [-0.2, -0.15) is 11.8 Å². The Balaban J connectivity index is 1.84. The first kappa shape index (κ1) is 11.5. The number of nitrogens with one attached hydrogen (secondary N) is 1. The van der Waals surface area contributed by atoms with Crippen LogP contribution in [0.5, 0.6) is 0 Å². The summed E-state index contributed by atoms with van der Waals surface area (Å²) in [6.07, 6.45) is 2.69. The fourth-order valence-corrected chi connectivity index (χ4v) is 3.63. The van der Waals surface area contributed by atoms with E-state index in [9.17, 15) is 0 Å². The third-order valence-corrected chi connectivity index (χ3v) is 4.81. The molecule has 82 valence electrons. The van der Waals surface area contributed by atoms with Crippen molar-refractivity contribution in [2.75, 3.05) is 13.1 Å². The minimum Gasteiger partial charge on any atom is -0.316 e. The Bertz CT molecular complexity index is 310. The predicted octanol–water partition coefficient (Wildman–Crippen LogP) is 3.43. The molecule has 0 saturated carbocycles. The highest BCUT2D eigenvalue weighted by atomic mass is 79.9. The molecule has 1 aliphatic rings. The van der Waals surface area contributed by atoms with Gasteiger partial charge in [0.05, 0.1) is 0 Å². The van der Waals surface area contributed by atoms with Crippen molar-refractivity contribution in [2.24, 2.45) is 0 Å². The van der Waals surface area contributed by atoms with Gasteiger partial charge >= 0.3 is 0 Å². The third-order valence-electron chi connectivity index (χ3n) is 2.68. The average molecular weight is 286 g/mol. The molecule has 0 aliphatic carbocycles. The Kier molecular flexibility index (Phi) is 4.54. The summed E-state index contributed by atoms with van der Waals surface area (Å²) in [5.74, 6) is 1.12. The molecule has 2 rings (SSSR count). The quantitative estimate of drug-likeness (QED) is 0.913. The summed E-state index contributed by atoms with van der Waals surface area (Å²) in [5, 5.41) is 4.25. The topological polar surface area (TPSA) is 12.0 Å². The van der Waals surface area contributed by atoms with E-state index in [0.717, 1.165) is 11.0 Å². The van der Waals surface area contributed by atoms with Crippen molar-refractivity contribution in [1.29, 1.82) is 0 Å². The third kappa shape index (κ3) is 3.51. The van der Waals surface area contributed by atoms with Gasteiger partial charge in [-0.25, -0.2) is 0 Å². The van der Waals surface area contributed by atoms with Crippen molar-refractivity contribution in [2.45, 2.75) is 23.8 Å². The van der Waals surface area contributed by atoms with E-state index >= 15 is 0 Å². The van der Waals surface area contributed by atoms with Gasteiger partial charge in [0.2, 0.25) is 0 Å². The fourth-order valence-electron chi connectivity index (χ4n) is 1.79. The summed E-state index contributed by atoms with van der Waals surface area (Å²) in [5.41, 5.74) is 1.41. The molecule has 1 atom stereocenters. The summed E-state index contributed by atoms with van der Waals surface area (Å²) >= 11 is 5.66. The number of hydrogen-bond acceptors (Lipinski definition) is 2. The van der Waals surface area contributed by atoms with Gasteiger partial charge in [-0.15, -0.1) is 0 Å². The van der Waals surface area contributed by atoms with Gasteiger partial charge in [-0.3, -0.25) is 0 Å². The van der Waals surface area contributed by atoms with Crippen molar-refractivity contribution >= 4 is 27.7 Å². The smallest absolute Gasteiger partial charge is 0.0215 e. The highest BCUT2D eigenvalue weighted by Gasteiger charge is 2.13. The van der Waals surface area contributed by atoms with Gasteiger partial charge < -0.3 is 5.32 Å². The number of hydrogen-bond donors (Lipinski definition) is 1. The minimum absolute atomic E-state index is 0.797. The molecule has 1 N–H and O–H groups in total. The van der Waals surface area contributed by atoms with Crippen molar-refractivity contribution in [1.82, 2.24) is 5.32 Å². The SMILES string of the molecule is Brc1ccccc1CSC1CCCNC1. The second-order valence-electron chi connectivity index (χ2n) is 3.87. The molecule has 3 heteroatoms. The maximum Gasteiger partial charge on any atom is 0.0215 e. The van der Waals surface area contributed by atoms with Crippen LogP contribution < -0.4 is 5.32 Å². The van der Waals surface area contributed by atoms with Gasteiger partial charge in [0, 0.05) is 22.0 Å². The van der Waals surface area contributed by atoms with Crippen LogP contribution in [-0.2, 0) is 5.75 Å².